The Balaban J connectivity index is 1.53. The molecule has 2 fully saturated rings. The van der Waals surface area contributed by atoms with Crippen LogP contribution >= 0.6 is 0 Å². The van der Waals surface area contributed by atoms with Crippen molar-refractivity contribution in [2.45, 2.75) is 43.5 Å². The zero-order chi connectivity index (χ0) is 23.3. The molecule has 7 nitrogen and oxygen atoms in total. The van der Waals surface area contributed by atoms with Crippen molar-refractivity contribution in [3.63, 3.8) is 0 Å². The van der Waals surface area contributed by atoms with Gasteiger partial charge in [-0.3, -0.25) is 9.59 Å². The standard InChI is InChI=1S/C25H29N3O4S/c1-16-15-27(24(29)18-2-3-18)23-14-20(8-11-22(23)28(16)25(30)19-4-5-19)17-6-9-21(10-7-17)33(31,32)13-12-26/h6-11,14,16,18-19H,2-5,12-13,15,26H2,1H3/t16-/m0/s1. The van der Waals surface area contributed by atoms with Gasteiger partial charge in [-0.05, 0) is 68.0 Å². The molecule has 0 unspecified atom stereocenters. The van der Waals surface area contributed by atoms with Crippen molar-refractivity contribution in [3.8, 4) is 11.1 Å². The number of anilines is 2. The summed E-state index contributed by atoms with van der Waals surface area (Å²) in [5.41, 5.74) is 8.69. The number of benzene rings is 2. The third-order valence-corrected chi connectivity index (χ3v) is 8.47. The minimum atomic E-state index is -3.39. The minimum Gasteiger partial charge on any atom is -0.329 e. The molecule has 2 amide bonds. The Hall–Kier alpha value is -2.71. The SMILES string of the molecule is C[C@H]1CN(C(=O)C2CC2)c2cc(-c3ccc(S(=O)(=O)CCN)cc3)ccc2N1C(=O)C1CC1. The van der Waals surface area contributed by atoms with E-state index in [1.165, 1.54) is 0 Å². The molecule has 1 aliphatic heterocycles. The fraction of sp³-hybridized carbons (Fsp3) is 0.440. The lowest BCUT2D eigenvalue weighted by atomic mass is 10.00. The predicted molar refractivity (Wildman–Crippen MR) is 128 cm³/mol. The van der Waals surface area contributed by atoms with Crippen LogP contribution < -0.4 is 15.5 Å². The van der Waals surface area contributed by atoms with Crippen LogP contribution in [-0.4, -0.2) is 45.1 Å². The van der Waals surface area contributed by atoms with Crippen LogP contribution in [0.4, 0.5) is 11.4 Å². The highest BCUT2D eigenvalue weighted by molar-refractivity contribution is 7.91. The van der Waals surface area contributed by atoms with E-state index in [2.05, 4.69) is 0 Å². The van der Waals surface area contributed by atoms with Crippen molar-refractivity contribution in [1.29, 1.82) is 0 Å². The third-order valence-electron chi connectivity index (χ3n) is 6.70. The summed E-state index contributed by atoms with van der Waals surface area (Å²) in [7, 11) is -3.39. The molecule has 2 saturated carbocycles. The summed E-state index contributed by atoms with van der Waals surface area (Å²) in [4.78, 5) is 30.1. The van der Waals surface area contributed by atoms with Gasteiger partial charge in [0.25, 0.3) is 0 Å². The molecule has 33 heavy (non-hydrogen) atoms. The van der Waals surface area contributed by atoms with E-state index in [-0.39, 0.29) is 46.9 Å². The van der Waals surface area contributed by atoms with Gasteiger partial charge in [0.15, 0.2) is 9.84 Å². The lowest BCUT2D eigenvalue weighted by molar-refractivity contribution is -0.122. The summed E-state index contributed by atoms with van der Waals surface area (Å²) in [6, 6.07) is 12.5. The fourth-order valence-electron chi connectivity index (χ4n) is 4.55. The van der Waals surface area contributed by atoms with Gasteiger partial charge in [0.05, 0.1) is 28.1 Å². The second kappa shape index (κ2) is 8.25. The number of rotatable bonds is 6. The maximum absolute atomic E-state index is 13.1. The van der Waals surface area contributed by atoms with Crippen LogP contribution in [0, 0.1) is 11.8 Å². The van der Waals surface area contributed by atoms with Crippen LogP contribution in [0.2, 0.25) is 0 Å². The van der Waals surface area contributed by atoms with Gasteiger partial charge >= 0.3 is 0 Å². The average Bonchev–Trinajstić information content (AvgIpc) is 3.70. The second-order valence-corrected chi connectivity index (χ2v) is 11.5. The van der Waals surface area contributed by atoms with E-state index < -0.39 is 9.84 Å². The molecule has 5 rings (SSSR count). The molecule has 0 aromatic heterocycles. The van der Waals surface area contributed by atoms with Crippen molar-refractivity contribution in [1.82, 2.24) is 0 Å². The summed E-state index contributed by atoms with van der Waals surface area (Å²) < 4.78 is 24.6. The number of nitrogens with zero attached hydrogens (tertiary/aromatic N) is 2. The van der Waals surface area contributed by atoms with Crippen molar-refractivity contribution >= 4 is 33.0 Å². The lowest BCUT2D eigenvalue weighted by Crippen LogP contribution is -2.52. The van der Waals surface area contributed by atoms with Crippen LogP contribution in [0.3, 0.4) is 0 Å². The molecular formula is C25H29N3O4S. The number of hydrogen-bond acceptors (Lipinski definition) is 5. The smallest absolute Gasteiger partial charge is 0.230 e. The van der Waals surface area contributed by atoms with Gasteiger partial charge in [-0.25, -0.2) is 8.42 Å². The zero-order valence-corrected chi connectivity index (χ0v) is 19.6. The number of hydrogen-bond donors (Lipinski definition) is 1. The van der Waals surface area contributed by atoms with Crippen molar-refractivity contribution in [2.75, 3.05) is 28.6 Å². The summed E-state index contributed by atoms with van der Waals surface area (Å²) in [6.07, 6.45) is 3.70. The maximum Gasteiger partial charge on any atom is 0.230 e. The van der Waals surface area contributed by atoms with E-state index in [0.29, 0.717) is 6.54 Å². The minimum absolute atomic E-state index is 0.0754. The largest absolute Gasteiger partial charge is 0.329 e. The first kappa shape index (κ1) is 22.1. The number of fused-ring (bicyclic) bond motifs is 1. The van der Waals surface area contributed by atoms with Crippen molar-refractivity contribution in [2.24, 2.45) is 17.6 Å². The Bertz CT molecular complexity index is 1200. The summed E-state index contributed by atoms with van der Waals surface area (Å²) in [5, 5.41) is 0. The first-order valence-corrected chi connectivity index (χ1v) is 13.3. The lowest BCUT2D eigenvalue weighted by Gasteiger charge is -2.41. The van der Waals surface area contributed by atoms with E-state index >= 15 is 0 Å². The summed E-state index contributed by atoms with van der Waals surface area (Å²) >= 11 is 0. The highest BCUT2D eigenvalue weighted by atomic mass is 32.2. The molecule has 8 heteroatoms. The van der Waals surface area contributed by atoms with Gasteiger partial charge in [-0.2, -0.15) is 0 Å². The molecule has 3 aliphatic rings. The Kier molecular flexibility index (Phi) is 5.53. The van der Waals surface area contributed by atoms with E-state index in [0.717, 1.165) is 48.2 Å². The van der Waals surface area contributed by atoms with Gasteiger partial charge in [0.2, 0.25) is 11.8 Å². The molecule has 0 saturated heterocycles. The van der Waals surface area contributed by atoms with Gasteiger partial charge in [0.1, 0.15) is 0 Å². The van der Waals surface area contributed by atoms with Crippen molar-refractivity contribution in [3.05, 3.63) is 42.5 Å². The van der Waals surface area contributed by atoms with Crippen LogP contribution in [0.15, 0.2) is 47.4 Å². The molecule has 0 spiro atoms. The van der Waals surface area contributed by atoms with Gasteiger partial charge in [0, 0.05) is 24.9 Å². The molecule has 2 aromatic rings. The third kappa shape index (κ3) is 4.17. The molecule has 174 valence electrons. The van der Waals surface area contributed by atoms with Gasteiger partial charge < -0.3 is 15.5 Å². The van der Waals surface area contributed by atoms with Gasteiger partial charge in [-0.1, -0.05) is 18.2 Å². The highest BCUT2D eigenvalue weighted by Gasteiger charge is 2.43. The summed E-state index contributed by atoms with van der Waals surface area (Å²) in [6.45, 7) is 2.57. The number of carbonyl (C=O) groups excluding carboxylic acids is 2. The Morgan fingerprint density at radius 1 is 0.909 bits per heavy atom. The van der Waals surface area contributed by atoms with E-state index in [9.17, 15) is 18.0 Å². The van der Waals surface area contributed by atoms with Crippen LogP contribution in [-0.2, 0) is 19.4 Å². The summed E-state index contributed by atoms with van der Waals surface area (Å²) in [5.74, 6) is 0.346. The normalized spacial score (nSPS) is 20.5. The topological polar surface area (TPSA) is 101 Å². The fourth-order valence-corrected chi connectivity index (χ4v) is 5.65. The quantitative estimate of drug-likeness (QED) is 0.704. The Morgan fingerprint density at radius 3 is 2.12 bits per heavy atom. The molecule has 2 aliphatic carbocycles. The highest BCUT2D eigenvalue weighted by Crippen LogP contribution is 2.44. The first-order valence-electron chi connectivity index (χ1n) is 11.6. The number of sulfone groups is 1. The molecule has 0 bridgehead atoms. The molecule has 2 N–H and O–H groups in total. The average molecular weight is 468 g/mol. The molecule has 1 atom stereocenters. The van der Waals surface area contributed by atoms with Crippen LogP contribution in [0.25, 0.3) is 11.1 Å². The van der Waals surface area contributed by atoms with Gasteiger partial charge in [-0.15, -0.1) is 0 Å². The predicted octanol–water partition coefficient (Wildman–Crippen LogP) is 2.97. The van der Waals surface area contributed by atoms with Crippen molar-refractivity contribution < 1.29 is 18.0 Å². The van der Waals surface area contributed by atoms with Crippen LogP contribution in [0.1, 0.15) is 32.6 Å². The van der Waals surface area contributed by atoms with E-state index in [1.54, 1.807) is 24.3 Å². The molecule has 2 aromatic carbocycles. The van der Waals surface area contributed by atoms with Crippen LogP contribution in [0.5, 0.6) is 0 Å². The van der Waals surface area contributed by atoms with E-state index in [4.69, 9.17) is 5.73 Å². The monoisotopic (exact) mass is 467 g/mol. The maximum atomic E-state index is 13.1. The zero-order valence-electron chi connectivity index (χ0n) is 18.7. The molecule has 1 heterocycles. The number of amides is 2. The van der Waals surface area contributed by atoms with E-state index in [1.807, 2.05) is 34.9 Å². The molecule has 0 radical (unpaired) electrons. The Morgan fingerprint density at radius 2 is 1.52 bits per heavy atom. The molecular weight excluding hydrogens is 438 g/mol. The number of carbonyl (C=O) groups is 2. The second-order valence-electron chi connectivity index (χ2n) is 9.39. The Labute approximate surface area is 194 Å². The first-order chi connectivity index (χ1) is 15.8. The number of nitrogens with two attached hydrogens (primary N) is 1.